The maximum absolute atomic E-state index is 9.59. The smallest absolute Gasteiger partial charge is 0.183 e. The summed E-state index contributed by atoms with van der Waals surface area (Å²) in [5.74, 6) is 2.64. The lowest BCUT2D eigenvalue weighted by atomic mass is 9.84. The Balaban J connectivity index is 0.000000106. The third kappa shape index (κ3) is 16.5. The average molecular weight is 1590 g/mol. The standard InChI is InChI=1S/C19H21N5O.C19H21N5.C18H18N6.2C17H17N5O/c1-2-24-8-9-25-13(12-24)5-6-14-16(10-20)22-11-17-18(14)15-4-3-7-21-19(15)23-17;1-2-4-13-6-9-24(10-7-13)18-15(11-20)22-12-16-17(18)14-5-3-8-21-19(14)23-16;19-8-13-17(22-15-10-24-6-3-11(15)4-7-24)16-12-2-1-5-20-18(12)23-14(16)9-21-13;1-22-7-4-11(5-8-22)23-16-13(9-18)20-10-14-15(16)12-3-2-6-19-17(12)21-14;18-10-13-16(23-9-8-22-6-1-2-7-22)15-12-4-3-5-19-17(12)21-14(15)11-20-13/h3-4,7,11,13H,2,5-6,8-9,12H2,1H3,(H,21,23);3,5,8,12-13H,2,4,6-7,9-10H2,1H3,(H,21,23);1-2,5,9,11,15,22H,3-4,6-7,10H2,(H,20,23);2-3,6,10-11H,4-5,7-8H2,1H3,(H,19,21);3-5,11H,1-2,6-9H2,(H,19,21)/t;;15-;;/m..1../s1. The van der Waals surface area contributed by atoms with E-state index in [0.717, 1.165) is 237 Å². The molecule has 6 N–H and O–H groups in total. The van der Waals surface area contributed by atoms with Crippen LogP contribution in [0, 0.1) is 68.5 Å². The molecule has 0 radical (unpaired) electrons. The highest BCUT2D eigenvalue weighted by molar-refractivity contribution is 6.15. The van der Waals surface area contributed by atoms with Crippen LogP contribution in [0.4, 0.5) is 11.4 Å². The molecule has 119 heavy (non-hydrogen) atoms. The number of hydrogen-bond donors (Lipinski definition) is 6. The largest absolute Gasteiger partial charge is 0.488 e. The first kappa shape index (κ1) is 78.5. The Labute approximate surface area is 687 Å². The molecule has 29 nitrogen and oxygen atoms in total. The van der Waals surface area contributed by atoms with E-state index in [9.17, 15) is 26.3 Å². The van der Waals surface area contributed by atoms with E-state index in [1.165, 1.54) is 64.5 Å². The summed E-state index contributed by atoms with van der Waals surface area (Å²) in [5, 5.41) is 61.2. The Hall–Kier alpha value is -13.1. The third-order valence-electron chi connectivity index (χ3n) is 24.4. The lowest BCUT2D eigenvalue weighted by molar-refractivity contribution is -0.0299. The van der Waals surface area contributed by atoms with E-state index in [4.69, 9.17) is 14.2 Å². The number of aryl methyl sites for hydroxylation is 1. The Morgan fingerprint density at radius 2 is 0.958 bits per heavy atom. The van der Waals surface area contributed by atoms with E-state index in [-0.39, 0.29) is 12.2 Å². The summed E-state index contributed by atoms with van der Waals surface area (Å²) in [6.07, 6.45) is 31.2. The number of likely N-dealkylation sites (N-methyl/N-ethyl adjacent to an activating group) is 1. The second kappa shape index (κ2) is 35.8. The number of pyridine rings is 10. The number of anilines is 2. The molecule has 7 aliphatic rings. The molecule has 22 rings (SSSR count). The van der Waals surface area contributed by atoms with E-state index in [0.29, 0.717) is 58.5 Å². The summed E-state index contributed by atoms with van der Waals surface area (Å²) in [4.78, 5) is 71.8. The Morgan fingerprint density at radius 3 is 1.49 bits per heavy atom. The van der Waals surface area contributed by atoms with Gasteiger partial charge < -0.3 is 59.1 Å². The molecule has 22 heterocycles. The van der Waals surface area contributed by atoms with Gasteiger partial charge in [0.2, 0.25) is 0 Å². The highest BCUT2D eigenvalue weighted by Gasteiger charge is 2.36. The van der Waals surface area contributed by atoms with Crippen molar-refractivity contribution in [2.75, 3.05) is 116 Å². The predicted octanol–water partition coefficient (Wildman–Crippen LogP) is 14.0. The van der Waals surface area contributed by atoms with Crippen LogP contribution in [0.5, 0.6) is 11.5 Å². The van der Waals surface area contributed by atoms with Gasteiger partial charge in [0.05, 0.1) is 93.4 Å². The molecule has 0 saturated carbocycles. The van der Waals surface area contributed by atoms with E-state index in [1.54, 1.807) is 62.0 Å². The van der Waals surface area contributed by atoms with Gasteiger partial charge in [-0.05, 0) is 182 Å². The van der Waals surface area contributed by atoms with Crippen LogP contribution in [0.25, 0.3) is 110 Å². The van der Waals surface area contributed by atoms with Gasteiger partial charge in [0.1, 0.15) is 77.0 Å². The van der Waals surface area contributed by atoms with Crippen LogP contribution in [0.15, 0.2) is 123 Å². The van der Waals surface area contributed by atoms with Crippen molar-refractivity contribution >= 4 is 121 Å². The summed E-state index contributed by atoms with van der Waals surface area (Å²) in [6, 6.07) is 31.2. The van der Waals surface area contributed by atoms with Crippen molar-refractivity contribution in [1.29, 1.82) is 26.3 Å². The zero-order valence-corrected chi connectivity index (χ0v) is 67.2. The second-order valence-corrected chi connectivity index (χ2v) is 31.6. The minimum atomic E-state index is 0.118. The number of hydrogen-bond acceptors (Lipinski definition) is 24. The van der Waals surface area contributed by atoms with Crippen molar-refractivity contribution in [2.24, 2.45) is 11.8 Å². The van der Waals surface area contributed by atoms with Gasteiger partial charge in [-0.1, -0.05) is 26.7 Å². The molecule has 2 bridgehead atoms. The zero-order chi connectivity index (χ0) is 81.3. The molecule has 0 amide bonds. The first-order valence-electron chi connectivity index (χ1n) is 41.6. The fourth-order valence-corrected chi connectivity index (χ4v) is 18.2. The van der Waals surface area contributed by atoms with Crippen LogP contribution in [-0.2, 0) is 11.2 Å². The van der Waals surface area contributed by atoms with Crippen molar-refractivity contribution < 1.29 is 14.2 Å². The van der Waals surface area contributed by atoms with Gasteiger partial charge in [-0.2, -0.15) is 26.3 Å². The first-order valence-corrected chi connectivity index (χ1v) is 41.6. The van der Waals surface area contributed by atoms with E-state index in [2.05, 4.69) is 162 Å². The fourth-order valence-electron chi connectivity index (χ4n) is 18.2. The molecule has 2 atom stereocenters. The average Bonchev–Trinajstić information content (AvgIpc) is 1.63. The minimum Gasteiger partial charge on any atom is -0.488 e. The number of ether oxygens (including phenoxy) is 3. The molecular weight excluding hydrogens is 1490 g/mol. The van der Waals surface area contributed by atoms with Crippen LogP contribution < -0.4 is 19.7 Å². The minimum absolute atomic E-state index is 0.118. The third-order valence-corrected chi connectivity index (χ3v) is 24.4. The molecule has 1 unspecified atom stereocenters. The highest BCUT2D eigenvalue weighted by atomic mass is 16.5. The number of likely N-dealkylation sites (tertiary alicyclic amines) is 2. The van der Waals surface area contributed by atoms with Gasteiger partial charge in [0, 0.05) is 132 Å². The monoisotopic (exact) mass is 1590 g/mol. The fraction of sp³-hybridized carbons (Fsp3) is 0.389. The number of morpholine rings is 1. The molecular formula is C90H94N26O3. The normalized spacial score (nSPS) is 18.5. The summed E-state index contributed by atoms with van der Waals surface area (Å²) in [6.45, 7) is 19.4. The number of nitrogens with one attached hydrogen (secondary N) is 6. The van der Waals surface area contributed by atoms with E-state index >= 15 is 0 Å². The van der Waals surface area contributed by atoms with E-state index in [1.807, 2.05) is 54.6 Å². The number of rotatable bonds is 15. The summed E-state index contributed by atoms with van der Waals surface area (Å²) < 4.78 is 18.2. The lowest BCUT2D eigenvalue weighted by Gasteiger charge is -2.45. The summed E-state index contributed by atoms with van der Waals surface area (Å²) in [7, 11) is 2.12. The van der Waals surface area contributed by atoms with E-state index < -0.39 is 0 Å². The number of aromatic nitrogens is 15. The topological polar surface area (TPSA) is 383 Å². The molecule has 0 aromatic carbocycles. The molecule has 0 spiro atoms. The Morgan fingerprint density at radius 1 is 0.479 bits per heavy atom. The van der Waals surface area contributed by atoms with Gasteiger partial charge in [-0.25, -0.2) is 49.8 Å². The van der Waals surface area contributed by atoms with Gasteiger partial charge in [0.15, 0.2) is 34.3 Å². The number of nitriles is 5. The van der Waals surface area contributed by atoms with Crippen LogP contribution in [0.3, 0.4) is 0 Å². The maximum atomic E-state index is 9.59. The first-order chi connectivity index (χ1) is 58.6. The maximum Gasteiger partial charge on any atom is 0.183 e. The molecule has 29 heteroatoms. The van der Waals surface area contributed by atoms with Gasteiger partial charge in [0.25, 0.3) is 0 Å². The number of aromatic amines is 5. The lowest BCUT2D eigenvalue weighted by Crippen LogP contribution is -2.53. The molecule has 15 aromatic heterocycles. The number of H-pyrrole nitrogens is 5. The SMILES string of the molecule is CCCC1CCN(c2c(C#N)ncc3[nH]c4ncccc4c23)CC1.CCN1CCOC(CCc2c(C#N)ncc3[nH]c4ncccc4c23)C1.CN1CCC(Oc2c(C#N)ncc3[nH]c4ncccc4c23)CC1.N#Cc1ncc2[nH]c3ncccc3c2c1N[C@@H]1CN2CCC1CC2.N#Cc1ncc2[nH]c3ncccc3c2c1OCCN1CCCC1. The van der Waals surface area contributed by atoms with Crippen molar-refractivity contribution in [3.8, 4) is 41.8 Å². The summed E-state index contributed by atoms with van der Waals surface area (Å²) in [5.41, 5.74) is 13.5. The number of piperidine rings is 5. The second-order valence-electron chi connectivity index (χ2n) is 31.6. The Bertz CT molecular complexity index is 6400. The van der Waals surface area contributed by atoms with Gasteiger partial charge >= 0.3 is 0 Å². The van der Waals surface area contributed by atoms with Gasteiger partial charge in [-0.3, -0.25) is 9.80 Å². The molecule has 602 valence electrons. The van der Waals surface area contributed by atoms with Crippen molar-refractivity contribution in [3.63, 3.8) is 0 Å². The van der Waals surface area contributed by atoms with Crippen LogP contribution in [0.2, 0.25) is 0 Å². The van der Waals surface area contributed by atoms with Crippen LogP contribution >= 0.6 is 0 Å². The van der Waals surface area contributed by atoms with Crippen molar-refractivity contribution in [1.82, 2.24) is 94.4 Å². The quantitative estimate of drug-likeness (QED) is 0.0555. The summed E-state index contributed by atoms with van der Waals surface area (Å²) >= 11 is 0. The van der Waals surface area contributed by atoms with Gasteiger partial charge in [-0.15, -0.1) is 0 Å². The Kier molecular flexibility index (Phi) is 23.6. The molecule has 7 aliphatic heterocycles. The van der Waals surface area contributed by atoms with Crippen LogP contribution in [-0.4, -0.2) is 218 Å². The molecule has 0 aliphatic carbocycles. The molecule has 7 fully saturated rings. The van der Waals surface area contributed by atoms with Crippen LogP contribution in [0.1, 0.15) is 119 Å². The molecule has 7 saturated heterocycles. The predicted molar refractivity (Wildman–Crippen MR) is 459 cm³/mol. The van der Waals surface area contributed by atoms with Crippen molar-refractivity contribution in [2.45, 2.75) is 109 Å². The molecule has 15 aromatic rings. The zero-order valence-electron chi connectivity index (χ0n) is 67.2. The van der Waals surface area contributed by atoms with Crippen molar-refractivity contribution in [3.05, 3.63) is 157 Å². The highest BCUT2D eigenvalue weighted by Crippen LogP contribution is 2.41. The number of fused-ring (bicyclic) bond motifs is 18. The number of nitrogens with zero attached hydrogens (tertiary/aromatic N) is 20.